The first kappa shape index (κ1) is 16.6. The van der Waals surface area contributed by atoms with Crippen molar-refractivity contribution in [2.45, 2.75) is 57.1 Å². The number of aliphatic hydroxyl groups is 1. The van der Waals surface area contributed by atoms with Crippen molar-refractivity contribution in [3.63, 3.8) is 0 Å². The second-order valence-corrected chi connectivity index (χ2v) is 6.98. The summed E-state index contributed by atoms with van der Waals surface area (Å²) in [6.45, 7) is 2.92. The average molecular weight is 297 g/mol. The predicted octanol–water partition coefficient (Wildman–Crippen LogP) is 1.66. The molecular formula is C16H31N3O2. The number of nitrogens with one attached hydrogen (secondary N) is 1. The maximum Gasteiger partial charge on any atom is 0.317 e. The van der Waals surface area contributed by atoms with Crippen LogP contribution in [0.5, 0.6) is 0 Å². The van der Waals surface area contributed by atoms with E-state index in [-0.39, 0.29) is 18.2 Å². The molecule has 0 aromatic heterocycles. The third kappa shape index (κ3) is 5.47. The minimum atomic E-state index is -0.161. The molecule has 0 bridgehead atoms. The summed E-state index contributed by atoms with van der Waals surface area (Å²) in [5, 5.41) is 12.6. The number of piperidine rings is 1. The van der Waals surface area contributed by atoms with Crippen LogP contribution in [0.2, 0.25) is 0 Å². The fourth-order valence-corrected chi connectivity index (χ4v) is 3.35. The van der Waals surface area contributed by atoms with Crippen LogP contribution >= 0.6 is 0 Å². The Hall–Kier alpha value is -0.810. The summed E-state index contributed by atoms with van der Waals surface area (Å²) < 4.78 is 0. The summed E-state index contributed by atoms with van der Waals surface area (Å²) in [6, 6.07) is 0.356. The molecule has 1 saturated carbocycles. The van der Waals surface area contributed by atoms with Crippen LogP contribution in [0, 0.1) is 5.92 Å². The molecule has 5 nitrogen and oxygen atoms in total. The third-order valence-corrected chi connectivity index (χ3v) is 4.91. The van der Waals surface area contributed by atoms with E-state index in [0.29, 0.717) is 0 Å². The van der Waals surface area contributed by atoms with Crippen LogP contribution in [0.1, 0.15) is 44.9 Å². The normalized spacial score (nSPS) is 27.9. The van der Waals surface area contributed by atoms with Crippen molar-refractivity contribution in [2.75, 3.05) is 33.7 Å². The van der Waals surface area contributed by atoms with Gasteiger partial charge in [-0.1, -0.05) is 0 Å². The molecule has 2 aliphatic rings. The van der Waals surface area contributed by atoms with Gasteiger partial charge in [-0.3, -0.25) is 0 Å². The number of hydrogen-bond acceptors (Lipinski definition) is 3. The molecule has 0 aromatic carbocycles. The van der Waals surface area contributed by atoms with Crippen LogP contribution in [0.4, 0.5) is 4.79 Å². The van der Waals surface area contributed by atoms with Crippen molar-refractivity contribution in [1.82, 2.24) is 15.1 Å². The highest BCUT2D eigenvalue weighted by Crippen LogP contribution is 2.22. The van der Waals surface area contributed by atoms with E-state index in [4.69, 9.17) is 0 Å². The van der Waals surface area contributed by atoms with Gasteiger partial charge >= 0.3 is 6.03 Å². The summed E-state index contributed by atoms with van der Waals surface area (Å²) >= 11 is 0. The topological polar surface area (TPSA) is 55.8 Å². The number of nitrogens with zero attached hydrogens (tertiary/aromatic N) is 2. The standard InChI is InChI=1S/C16H31N3O2/c1-18(2)10-7-13-8-11-19(12-9-13)16(21)17-14-3-5-15(20)6-4-14/h13-15,20H,3-12H2,1-2H3,(H,17,21). The van der Waals surface area contributed by atoms with Gasteiger partial charge in [-0.2, -0.15) is 0 Å². The Bertz CT molecular complexity index is 319. The SMILES string of the molecule is CN(C)CCC1CCN(C(=O)NC2CCC(O)CC2)CC1. The Morgan fingerprint density at radius 2 is 1.76 bits per heavy atom. The van der Waals surface area contributed by atoms with E-state index in [9.17, 15) is 9.90 Å². The second kappa shape index (κ2) is 7.99. The van der Waals surface area contributed by atoms with Gasteiger partial charge in [-0.05, 0) is 71.5 Å². The van der Waals surface area contributed by atoms with Crippen LogP contribution in [0.25, 0.3) is 0 Å². The molecule has 2 rings (SSSR count). The molecule has 0 aromatic rings. The van der Waals surface area contributed by atoms with Gasteiger partial charge in [0.05, 0.1) is 6.10 Å². The Balaban J connectivity index is 1.66. The summed E-state index contributed by atoms with van der Waals surface area (Å²) in [5.41, 5.74) is 0. The number of carbonyl (C=O) groups is 1. The largest absolute Gasteiger partial charge is 0.393 e. The Labute approximate surface area is 128 Å². The Kier molecular flexibility index (Phi) is 6.30. The first-order valence-electron chi connectivity index (χ1n) is 8.43. The second-order valence-electron chi connectivity index (χ2n) is 6.98. The van der Waals surface area contributed by atoms with Crippen molar-refractivity contribution < 1.29 is 9.90 Å². The van der Waals surface area contributed by atoms with E-state index in [2.05, 4.69) is 24.3 Å². The van der Waals surface area contributed by atoms with E-state index >= 15 is 0 Å². The van der Waals surface area contributed by atoms with Crippen molar-refractivity contribution in [3.8, 4) is 0 Å². The van der Waals surface area contributed by atoms with Crippen molar-refractivity contribution >= 4 is 6.03 Å². The number of likely N-dealkylation sites (tertiary alicyclic amines) is 1. The fraction of sp³-hybridized carbons (Fsp3) is 0.938. The van der Waals surface area contributed by atoms with Gasteiger partial charge in [-0.25, -0.2) is 4.79 Å². The van der Waals surface area contributed by atoms with Crippen molar-refractivity contribution in [1.29, 1.82) is 0 Å². The van der Waals surface area contributed by atoms with E-state index in [1.807, 2.05) is 4.90 Å². The molecule has 21 heavy (non-hydrogen) atoms. The quantitative estimate of drug-likeness (QED) is 0.830. The monoisotopic (exact) mass is 297 g/mol. The summed E-state index contributed by atoms with van der Waals surface area (Å²) in [6.07, 6.45) is 6.79. The van der Waals surface area contributed by atoms with Crippen LogP contribution in [-0.2, 0) is 0 Å². The molecule has 2 N–H and O–H groups in total. The zero-order valence-electron chi connectivity index (χ0n) is 13.6. The molecule has 2 amide bonds. The third-order valence-electron chi connectivity index (χ3n) is 4.91. The van der Waals surface area contributed by atoms with Crippen LogP contribution in [0.3, 0.4) is 0 Å². The summed E-state index contributed by atoms with van der Waals surface area (Å²) in [5.74, 6) is 0.765. The van der Waals surface area contributed by atoms with E-state index in [0.717, 1.165) is 64.1 Å². The number of aliphatic hydroxyl groups excluding tert-OH is 1. The van der Waals surface area contributed by atoms with Gasteiger partial charge in [-0.15, -0.1) is 0 Å². The molecule has 0 atom stereocenters. The lowest BCUT2D eigenvalue weighted by Gasteiger charge is -2.34. The molecule has 1 aliphatic carbocycles. The summed E-state index contributed by atoms with van der Waals surface area (Å²) in [4.78, 5) is 16.5. The fourth-order valence-electron chi connectivity index (χ4n) is 3.35. The number of amides is 2. The minimum absolute atomic E-state index is 0.0995. The van der Waals surface area contributed by atoms with Gasteiger partial charge in [0, 0.05) is 19.1 Å². The van der Waals surface area contributed by atoms with Gasteiger partial charge in [0.1, 0.15) is 0 Å². The maximum absolute atomic E-state index is 12.3. The molecule has 1 heterocycles. The highest BCUT2D eigenvalue weighted by Gasteiger charge is 2.26. The molecule has 0 radical (unpaired) electrons. The number of hydrogen-bond donors (Lipinski definition) is 2. The highest BCUT2D eigenvalue weighted by atomic mass is 16.3. The highest BCUT2D eigenvalue weighted by molar-refractivity contribution is 5.74. The first-order chi connectivity index (χ1) is 10.0. The van der Waals surface area contributed by atoms with Crippen molar-refractivity contribution in [3.05, 3.63) is 0 Å². The number of carbonyl (C=O) groups excluding carboxylic acids is 1. The molecule has 0 spiro atoms. The smallest absolute Gasteiger partial charge is 0.317 e. The number of rotatable bonds is 4. The first-order valence-corrected chi connectivity index (χ1v) is 8.43. The molecular weight excluding hydrogens is 266 g/mol. The van der Waals surface area contributed by atoms with Gasteiger partial charge < -0.3 is 20.2 Å². The lowest BCUT2D eigenvalue weighted by Crippen LogP contribution is -2.49. The maximum atomic E-state index is 12.3. The Morgan fingerprint density at radius 3 is 2.33 bits per heavy atom. The van der Waals surface area contributed by atoms with Gasteiger partial charge in [0.2, 0.25) is 0 Å². The van der Waals surface area contributed by atoms with Gasteiger partial charge in [0.15, 0.2) is 0 Å². The molecule has 1 saturated heterocycles. The zero-order valence-corrected chi connectivity index (χ0v) is 13.6. The molecule has 2 fully saturated rings. The van der Waals surface area contributed by atoms with E-state index < -0.39 is 0 Å². The average Bonchev–Trinajstić information content (AvgIpc) is 2.48. The van der Waals surface area contributed by atoms with Crippen LogP contribution in [0.15, 0.2) is 0 Å². The zero-order chi connectivity index (χ0) is 15.2. The van der Waals surface area contributed by atoms with E-state index in [1.165, 1.54) is 6.42 Å². The number of urea groups is 1. The predicted molar refractivity (Wildman–Crippen MR) is 84.3 cm³/mol. The lowest BCUT2D eigenvalue weighted by molar-refractivity contribution is 0.113. The molecule has 0 unspecified atom stereocenters. The summed E-state index contributed by atoms with van der Waals surface area (Å²) in [7, 11) is 4.23. The van der Waals surface area contributed by atoms with Gasteiger partial charge in [0.25, 0.3) is 0 Å². The van der Waals surface area contributed by atoms with Crippen LogP contribution < -0.4 is 5.32 Å². The van der Waals surface area contributed by atoms with Crippen molar-refractivity contribution in [2.24, 2.45) is 5.92 Å². The molecule has 1 aliphatic heterocycles. The lowest BCUT2D eigenvalue weighted by atomic mass is 9.92. The van der Waals surface area contributed by atoms with Crippen LogP contribution in [-0.4, -0.2) is 66.8 Å². The van der Waals surface area contributed by atoms with E-state index in [1.54, 1.807) is 0 Å². The Morgan fingerprint density at radius 1 is 1.14 bits per heavy atom. The minimum Gasteiger partial charge on any atom is -0.393 e. The molecule has 5 heteroatoms. The molecule has 122 valence electrons.